The smallest absolute Gasteiger partial charge is 0.275 e. The lowest BCUT2D eigenvalue weighted by molar-refractivity contribution is 0.102. The Kier molecular flexibility index (Phi) is 4.14. The van der Waals surface area contributed by atoms with E-state index in [0.29, 0.717) is 22.0 Å². The number of aromatic nitrogens is 1. The number of nitrogens with zero attached hydrogens (tertiary/aromatic N) is 1. The van der Waals surface area contributed by atoms with Crippen LogP contribution in [-0.4, -0.2) is 15.9 Å². The molecule has 0 spiro atoms. The predicted molar refractivity (Wildman–Crippen MR) is 82.1 cm³/mol. The van der Waals surface area contributed by atoms with E-state index in [1.165, 1.54) is 11.3 Å². The van der Waals surface area contributed by atoms with Crippen molar-refractivity contribution in [3.8, 4) is 0 Å². The standard InChI is InChI=1S/C12H10ClN3OS2/c1-6-15-10(5-19-6)12(17)16-9-3-2-7(11(14)18)4-8(9)13/h2-5H,1H3,(H2,14,18)(H,16,17). The highest BCUT2D eigenvalue weighted by molar-refractivity contribution is 7.80. The van der Waals surface area contributed by atoms with E-state index < -0.39 is 0 Å². The van der Waals surface area contributed by atoms with Gasteiger partial charge in [0.1, 0.15) is 10.7 Å². The molecule has 98 valence electrons. The second-order valence-corrected chi connectivity index (χ2v) is 5.67. The van der Waals surface area contributed by atoms with Crippen molar-refractivity contribution in [2.45, 2.75) is 6.92 Å². The number of rotatable bonds is 3. The summed E-state index contributed by atoms with van der Waals surface area (Å²) in [6.45, 7) is 1.84. The fraction of sp³-hybridized carbons (Fsp3) is 0.0833. The molecule has 2 aromatic rings. The number of hydrogen-bond donors (Lipinski definition) is 2. The number of amides is 1. The van der Waals surface area contributed by atoms with Crippen LogP contribution in [0.1, 0.15) is 21.1 Å². The van der Waals surface area contributed by atoms with Gasteiger partial charge in [-0.2, -0.15) is 0 Å². The van der Waals surface area contributed by atoms with Crippen molar-refractivity contribution in [2.24, 2.45) is 5.73 Å². The maximum Gasteiger partial charge on any atom is 0.275 e. The van der Waals surface area contributed by atoms with Crippen molar-refractivity contribution in [1.29, 1.82) is 0 Å². The highest BCUT2D eigenvalue weighted by Gasteiger charge is 2.12. The third-order valence-electron chi connectivity index (χ3n) is 2.35. The van der Waals surface area contributed by atoms with Crippen LogP contribution in [0, 0.1) is 6.92 Å². The van der Waals surface area contributed by atoms with Gasteiger partial charge in [-0.1, -0.05) is 23.8 Å². The first kappa shape index (κ1) is 13.9. The molecule has 0 aliphatic rings. The molecule has 0 fully saturated rings. The zero-order valence-electron chi connectivity index (χ0n) is 9.94. The largest absolute Gasteiger partial charge is 0.389 e. The predicted octanol–water partition coefficient (Wildman–Crippen LogP) is 2.99. The molecule has 2 rings (SSSR count). The lowest BCUT2D eigenvalue weighted by Gasteiger charge is -2.07. The summed E-state index contributed by atoms with van der Waals surface area (Å²) in [5.41, 5.74) is 7.03. The van der Waals surface area contributed by atoms with Crippen molar-refractivity contribution in [3.05, 3.63) is 44.9 Å². The van der Waals surface area contributed by atoms with E-state index in [1.54, 1.807) is 23.6 Å². The van der Waals surface area contributed by atoms with Crippen molar-refractivity contribution >= 4 is 51.7 Å². The number of benzene rings is 1. The van der Waals surface area contributed by atoms with Gasteiger partial charge in [-0.05, 0) is 25.1 Å². The minimum Gasteiger partial charge on any atom is -0.389 e. The molecule has 0 atom stereocenters. The third kappa shape index (κ3) is 3.28. The van der Waals surface area contributed by atoms with E-state index in [4.69, 9.17) is 29.6 Å². The number of carbonyl (C=O) groups excluding carboxylic acids is 1. The summed E-state index contributed by atoms with van der Waals surface area (Å²) in [7, 11) is 0. The lowest BCUT2D eigenvalue weighted by Crippen LogP contribution is -2.14. The SMILES string of the molecule is Cc1nc(C(=O)Nc2ccc(C(N)=S)cc2Cl)cs1. The average molecular weight is 312 g/mol. The highest BCUT2D eigenvalue weighted by atomic mass is 35.5. The van der Waals surface area contributed by atoms with E-state index in [2.05, 4.69) is 10.3 Å². The Morgan fingerprint density at radius 2 is 2.26 bits per heavy atom. The maximum absolute atomic E-state index is 11.9. The van der Waals surface area contributed by atoms with Crippen LogP contribution in [0.2, 0.25) is 5.02 Å². The van der Waals surface area contributed by atoms with E-state index in [0.717, 1.165) is 5.01 Å². The number of hydrogen-bond acceptors (Lipinski definition) is 4. The van der Waals surface area contributed by atoms with Gasteiger partial charge < -0.3 is 11.1 Å². The summed E-state index contributed by atoms with van der Waals surface area (Å²) in [4.78, 5) is 16.3. The summed E-state index contributed by atoms with van der Waals surface area (Å²) in [6.07, 6.45) is 0. The van der Waals surface area contributed by atoms with E-state index in [9.17, 15) is 4.79 Å². The van der Waals surface area contributed by atoms with Crippen LogP contribution in [0.25, 0.3) is 0 Å². The quantitative estimate of drug-likeness (QED) is 0.855. The van der Waals surface area contributed by atoms with Gasteiger partial charge in [-0.3, -0.25) is 4.79 Å². The number of thiocarbonyl (C=S) groups is 1. The van der Waals surface area contributed by atoms with Gasteiger partial charge >= 0.3 is 0 Å². The Labute approximate surface area is 124 Å². The summed E-state index contributed by atoms with van der Waals surface area (Å²) in [5.74, 6) is -0.297. The van der Waals surface area contributed by atoms with Crippen LogP contribution in [0.5, 0.6) is 0 Å². The lowest BCUT2D eigenvalue weighted by atomic mass is 10.2. The van der Waals surface area contributed by atoms with Crippen molar-refractivity contribution in [2.75, 3.05) is 5.32 Å². The summed E-state index contributed by atoms with van der Waals surface area (Å²) in [6, 6.07) is 4.98. The second-order valence-electron chi connectivity index (χ2n) is 3.76. The van der Waals surface area contributed by atoms with E-state index >= 15 is 0 Å². The number of carbonyl (C=O) groups is 1. The fourth-order valence-electron chi connectivity index (χ4n) is 1.42. The van der Waals surface area contributed by atoms with E-state index in [-0.39, 0.29) is 10.9 Å². The van der Waals surface area contributed by atoms with E-state index in [1.807, 2.05) is 6.92 Å². The van der Waals surface area contributed by atoms with Crippen LogP contribution >= 0.6 is 35.2 Å². The molecule has 4 nitrogen and oxygen atoms in total. The Bertz CT molecular complexity index is 654. The van der Waals surface area contributed by atoms with Crippen LogP contribution < -0.4 is 11.1 Å². The highest BCUT2D eigenvalue weighted by Crippen LogP contribution is 2.23. The summed E-state index contributed by atoms with van der Waals surface area (Å²) < 4.78 is 0. The molecule has 0 bridgehead atoms. The first-order chi connectivity index (χ1) is 8.97. The van der Waals surface area contributed by atoms with Crippen molar-refractivity contribution in [3.63, 3.8) is 0 Å². The molecule has 0 unspecified atom stereocenters. The van der Waals surface area contributed by atoms with Gasteiger partial charge in [0.15, 0.2) is 0 Å². The van der Waals surface area contributed by atoms with Gasteiger partial charge in [-0.15, -0.1) is 11.3 Å². The van der Waals surface area contributed by atoms with Gasteiger partial charge in [0.05, 0.1) is 15.7 Å². The average Bonchev–Trinajstić information content (AvgIpc) is 2.78. The van der Waals surface area contributed by atoms with Crippen LogP contribution in [0.15, 0.2) is 23.6 Å². The number of anilines is 1. The second kappa shape index (κ2) is 5.64. The Hall–Kier alpha value is -1.50. The molecular formula is C12H10ClN3OS2. The molecule has 19 heavy (non-hydrogen) atoms. The number of aryl methyl sites for hydroxylation is 1. The Morgan fingerprint density at radius 3 is 2.79 bits per heavy atom. The topological polar surface area (TPSA) is 68.0 Å². The van der Waals surface area contributed by atoms with Gasteiger partial charge in [0.25, 0.3) is 5.91 Å². The van der Waals surface area contributed by atoms with Gasteiger partial charge in [0, 0.05) is 10.9 Å². The van der Waals surface area contributed by atoms with Crippen molar-refractivity contribution in [1.82, 2.24) is 4.98 Å². The molecular weight excluding hydrogens is 302 g/mol. The number of halogens is 1. The minimum atomic E-state index is -0.297. The molecule has 0 aliphatic carbocycles. The molecule has 1 amide bonds. The molecule has 0 radical (unpaired) electrons. The normalized spacial score (nSPS) is 10.2. The molecule has 0 saturated heterocycles. The minimum absolute atomic E-state index is 0.259. The Morgan fingerprint density at radius 1 is 1.53 bits per heavy atom. The Balaban J connectivity index is 2.20. The fourth-order valence-corrected chi connectivity index (χ4v) is 2.37. The molecule has 1 aromatic heterocycles. The molecule has 7 heteroatoms. The van der Waals surface area contributed by atoms with Crippen LogP contribution in [-0.2, 0) is 0 Å². The zero-order valence-corrected chi connectivity index (χ0v) is 12.3. The molecule has 1 heterocycles. The van der Waals surface area contributed by atoms with Gasteiger partial charge in [-0.25, -0.2) is 4.98 Å². The summed E-state index contributed by atoms with van der Waals surface area (Å²) >= 11 is 12.3. The monoisotopic (exact) mass is 311 g/mol. The molecule has 1 aromatic carbocycles. The molecule has 0 saturated carbocycles. The first-order valence-electron chi connectivity index (χ1n) is 5.30. The molecule has 0 aliphatic heterocycles. The molecule has 3 N–H and O–H groups in total. The van der Waals surface area contributed by atoms with Crippen LogP contribution in [0.3, 0.4) is 0 Å². The summed E-state index contributed by atoms with van der Waals surface area (Å²) in [5, 5.41) is 5.61. The number of nitrogens with two attached hydrogens (primary N) is 1. The maximum atomic E-state index is 11.9. The number of nitrogens with one attached hydrogen (secondary N) is 1. The third-order valence-corrected chi connectivity index (χ3v) is 3.68. The van der Waals surface area contributed by atoms with Crippen LogP contribution in [0.4, 0.5) is 5.69 Å². The van der Waals surface area contributed by atoms with Gasteiger partial charge in [0.2, 0.25) is 0 Å². The first-order valence-corrected chi connectivity index (χ1v) is 6.97. The number of thiazole rings is 1. The van der Waals surface area contributed by atoms with Crippen molar-refractivity contribution < 1.29 is 4.79 Å². The zero-order chi connectivity index (χ0) is 14.0.